The van der Waals surface area contributed by atoms with Gasteiger partial charge >= 0.3 is 0 Å². The van der Waals surface area contributed by atoms with E-state index in [-0.39, 0.29) is 10.8 Å². The van der Waals surface area contributed by atoms with Crippen molar-refractivity contribution in [2.75, 3.05) is 6.26 Å². The third kappa shape index (κ3) is 2.28. The highest BCUT2D eigenvalue weighted by molar-refractivity contribution is 7.98. The van der Waals surface area contributed by atoms with E-state index >= 15 is 0 Å². The third-order valence-corrected chi connectivity index (χ3v) is 2.68. The molecule has 0 saturated heterocycles. The van der Waals surface area contributed by atoms with Crippen molar-refractivity contribution in [3.63, 3.8) is 0 Å². The summed E-state index contributed by atoms with van der Waals surface area (Å²) in [5.41, 5.74) is 0.108. The number of alkyl halides is 2. The molecule has 0 fully saturated rings. The van der Waals surface area contributed by atoms with Crippen LogP contribution >= 0.6 is 11.8 Å². The Morgan fingerprint density at radius 3 is 2.59 bits per heavy atom. The summed E-state index contributed by atoms with van der Waals surface area (Å²) in [4.78, 5) is 3.64. The maximum Gasteiger partial charge on any atom is 0.299 e. The molecule has 0 saturated carbocycles. The van der Waals surface area contributed by atoms with E-state index < -0.39 is 18.1 Å². The maximum absolute atomic E-state index is 13.5. The number of hydrogen-bond acceptors (Lipinski definition) is 3. The summed E-state index contributed by atoms with van der Waals surface area (Å²) in [7, 11) is 0. The number of para-hydroxylation sites is 1. The van der Waals surface area contributed by atoms with Gasteiger partial charge in [-0.15, -0.1) is 5.10 Å². The zero-order valence-electron chi connectivity index (χ0n) is 8.77. The summed E-state index contributed by atoms with van der Waals surface area (Å²) in [6.45, 7) is 0. The number of benzene rings is 1. The molecule has 2 aromatic rings. The molecule has 17 heavy (non-hydrogen) atoms. The van der Waals surface area contributed by atoms with Gasteiger partial charge in [0.15, 0.2) is 5.16 Å². The van der Waals surface area contributed by atoms with Crippen LogP contribution in [-0.4, -0.2) is 21.0 Å². The Morgan fingerprint density at radius 2 is 2.00 bits per heavy atom. The van der Waals surface area contributed by atoms with Gasteiger partial charge in [0.1, 0.15) is 11.5 Å². The van der Waals surface area contributed by atoms with Crippen molar-refractivity contribution >= 4 is 11.8 Å². The molecule has 0 atom stereocenters. The zero-order valence-corrected chi connectivity index (χ0v) is 9.59. The van der Waals surface area contributed by atoms with Crippen LogP contribution in [0.3, 0.4) is 0 Å². The second kappa shape index (κ2) is 4.79. The van der Waals surface area contributed by atoms with Gasteiger partial charge in [-0.05, 0) is 18.4 Å². The minimum absolute atomic E-state index is 0.108. The molecule has 0 radical (unpaired) electrons. The Kier molecular flexibility index (Phi) is 3.37. The largest absolute Gasteiger partial charge is 0.299 e. The molecule has 2 rings (SSSR count). The smallest absolute Gasteiger partial charge is 0.205 e. The van der Waals surface area contributed by atoms with E-state index in [4.69, 9.17) is 0 Å². The molecule has 0 bridgehead atoms. The maximum atomic E-state index is 13.5. The van der Waals surface area contributed by atoms with Crippen molar-refractivity contribution in [1.29, 1.82) is 0 Å². The first-order chi connectivity index (χ1) is 8.13. The molecule has 0 N–H and O–H groups in total. The second-order valence-corrected chi connectivity index (χ2v) is 3.89. The Morgan fingerprint density at radius 1 is 1.29 bits per heavy atom. The Bertz CT molecular complexity index is 527. The van der Waals surface area contributed by atoms with Crippen molar-refractivity contribution < 1.29 is 13.2 Å². The summed E-state index contributed by atoms with van der Waals surface area (Å²) in [6, 6.07) is 5.82. The van der Waals surface area contributed by atoms with Gasteiger partial charge in [-0.2, -0.15) is 4.98 Å². The van der Waals surface area contributed by atoms with Crippen LogP contribution < -0.4 is 0 Å². The first kappa shape index (κ1) is 12.0. The lowest BCUT2D eigenvalue weighted by atomic mass is 10.3. The molecular weight excluding hydrogens is 251 g/mol. The topological polar surface area (TPSA) is 30.7 Å². The van der Waals surface area contributed by atoms with Crippen LogP contribution in [0.4, 0.5) is 13.2 Å². The van der Waals surface area contributed by atoms with Crippen LogP contribution in [0, 0.1) is 5.82 Å². The van der Waals surface area contributed by atoms with Gasteiger partial charge in [0.25, 0.3) is 6.43 Å². The predicted octanol–water partition coefficient (Wildman–Crippen LogP) is 3.07. The molecule has 0 aliphatic heterocycles. The Labute approximate surface area is 99.7 Å². The van der Waals surface area contributed by atoms with E-state index in [9.17, 15) is 13.2 Å². The van der Waals surface area contributed by atoms with Gasteiger partial charge in [0, 0.05) is 0 Å². The molecule has 3 nitrogen and oxygen atoms in total. The molecular formula is C10H8F3N3S. The van der Waals surface area contributed by atoms with Crippen LogP contribution in [0.1, 0.15) is 12.2 Å². The van der Waals surface area contributed by atoms with Gasteiger partial charge in [-0.3, -0.25) is 0 Å². The van der Waals surface area contributed by atoms with Crippen LogP contribution in [-0.2, 0) is 0 Å². The molecule has 7 heteroatoms. The van der Waals surface area contributed by atoms with Crippen LogP contribution in [0.5, 0.6) is 0 Å². The standard InChI is InChI=1S/C10H8F3N3S/c1-17-10-14-9(8(12)13)15-16(10)7-5-3-2-4-6(7)11/h2-5,8H,1H3. The molecule has 0 aliphatic carbocycles. The first-order valence-corrected chi connectivity index (χ1v) is 5.90. The predicted molar refractivity (Wildman–Crippen MR) is 58.1 cm³/mol. The molecule has 1 aromatic carbocycles. The van der Waals surface area contributed by atoms with Gasteiger partial charge in [-0.1, -0.05) is 23.9 Å². The van der Waals surface area contributed by atoms with E-state index in [0.717, 1.165) is 16.4 Å². The highest BCUT2D eigenvalue weighted by Crippen LogP contribution is 2.23. The quantitative estimate of drug-likeness (QED) is 0.794. The van der Waals surface area contributed by atoms with E-state index in [1.165, 1.54) is 18.2 Å². The summed E-state index contributed by atoms with van der Waals surface area (Å²) >= 11 is 1.13. The minimum atomic E-state index is -2.77. The van der Waals surface area contributed by atoms with Crippen LogP contribution in [0.25, 0.3) is 5.69 Å². The van der Waals surface area contributed by atoms with Gasteiger partial charge in [-0.25, -0.2) is 17.9 Å². The van der Waals surface area contributed by atoms with Gasteiger partial charge < -0.3 is 0 Å². The fraction of sp³-hybridized carbons (Fsp3) is 0.200. The lowest BCUT2D eigenvalue weighted by Gasteiger charge is -2.04. The molecule has 0 amide bonds. The summed E-state index contributed by atoms with van der Waals surface area (Å²) in [5.74, 6) is -1.13. The number of rotatable bonds is 3. The second-order valence-electron chi connectivity index (χ2n) is 3.12. The first-order valence-electron chi connectivity index (χ1n) is 4.67. The van der Waals surface area contributed by atoms with Crippen molar-refractivity contribution in [2.45, 2.75) is 11.6 Å². The monoisotopic (exact) mass is 259 g/mol. The lowest BCUT2D eigenvalue weighted by molar-refractivity contribution is 0.140. The summed E-state index contributed by atoms with van der Waals surface area (Å²) in [5, 5.41) is 3.83. The average molecular weight is 259 g/mol. The fourth-order valence-electron chi connectivity index (χ4n) is 1.32. The van der Waals surface area contributed by atoms with E-state index in [1.54, 1.807) is 12.3 Å². The minimum Gasteiger partial charge on any atom is -0.205 e. The zero-order chi connectivity index (χ0) is 12.4. The number of aromatic nitrogens is 3. The Hall–Kier alpha value is -1.50. The normalized spacial score (nSPS) is 11.1. The number of thioether (sulfide) groups is 1. The van der Waals surface area contributed by atoms with Gasteiger partial charge in [0.2, 0.25) is 5.82 Å². The molecule has 90 valence electrons. The van der Waals surface area contributed by atoms with Crippen LogP contribution in [0.15, 0.2) is 29.4 Å². The third-order valence-electron chi connectivity index (χ3n) is 2.05. The van der Waals surface area contributed by atoms with Crippen molar-refractivity contribution in [2.24, 2.45) is 0 Å². The SMILES string of the molecule is CSc1nc(C(F)F)nn1-c1ccccc1F. The summed E-state index contributed by atoms with van der Waals surface area (Å²) < 4.78 is 39.5. The number of nitrogens with zero attached hydrogens (tertiary/aromatic N) is 3. The van der Waals surface area contributed by atoms with Crippen LogP contribution in [0.2, 0.25) is 0 Å². The highest BCUT2D eigenvalue weighted by Gasteiger charge is 2.19. The molecule has 1 heterocycles. The lowest BCUT2D eigenvalue weighted by Crippen LogP contribution is -2.01. The highest BCUT2D eigenvalue weighted by atomic mass is 32.2. The fourth-order valence-corrected chi connectivity index (χ4v) is 1.81. The summed E-state index contributed by atoms with van der Waals surface area (Å²) in [6.07, 6.45) is -1.11. The molecule has 1 aromatic heterocycles. The van der Waals surface area contributed by atoms with Crippen molar-refractivity contribution in [3.8, 4) is 5.69 Å². The number of hydrogen-bond donors (Lipinski definition) is 0. The molecule has 0 spiro atoms. The average Bonchev–Trinajstić information content (AvgIpc) is 2.73. The Balaban J connectivity index is 2.55. The molecule has 0 unspecified atom stereocenters. The van der Waals surface area contributed by atoms with E-state index in [2.05, 4.69) is 10.1 Å². The van der Waals surface area contributed by atoms with Gasteiger partial charge in [0.05, 0.1) is 0 Å². The van der Waals surface area contributed by atoms with E-state index in [1.807, 2.05) is 0 Å². The van der Waals surface area contributed by atoms with Crippen molar-refractivity contribution in [3.05, 3.63) is 35.9 Å². The van der Waals surface area contributed by atoms with Crippen molar-refractivity contribution in [1.82, 2.24) is 14.8 Å². The van der Waals surface area contributed by atoms with E-state index in [0.29, 0.717) is 0 Å². The molecule has 0 aliphatic rings. The number of halogens is 3.